The maximum absolute atomic E-state index is 11.4. The van der Waals surface area contributed by atoms with Crippen LogP contribution in [-0.2, 0) is 9.59 Å². The molecule has 15 heavy (non-hydrogen) atoms. The van der Waals surface area contributed by atoms with E-state index in [1.54, 1.807) is 25.9 Å². The lowest BCUT2D eigenvalue weighted by Crippen LogP contribution is -2.37. The van der Waals surface area contributed by atoms with Crippen molar-refractivity contribution in [2.45, 2.75) is 26.7 Å². The molecule has 0 aromatic heterocycles. The molecule has 4 nitrogen and oxygen atoms in total. The lowest BCUT2D eigenvalue weighted by Gasteiger charge is -2.21. The molecule has 0 aromatic carbocycles. The minimum atomic E-state index is 0.111. The summed E-state index contributed by atoms with van der Waals surface area (Å²) in [4.78, 5) is 25.8. The summed E-state index contributed by atoms with van der Waals surface area (Å²) in [6.07, 6.45) is 1.44. The molecule has 1 amide bonds. The van der Waals surface area contributed by atoms with Crippen LogP contribution in [0.5, 0.6) is 0 Å². The number of hydrogen-bond donors (Lipinski definition) is 0. The number of amides is 1. The summed E-state index contributed by atoms with van der Waals surface area (Å²) >= 11 is 0. The van der Waals surface area contributed by atoms with Crippen molar-refractivity contribution in [2.75, 3.05) is 33.7 Å². The summed E-state index contributed by atoms with van der Waals surface area (Å²) in [5.41, 5.74) is 0. The zero-order valence-corrected chi connectivity index (χ0v) is 10.2. The highest BCUT2D eigenvalue weighted by atomic mass is 16.2. The molecule has 0 aliphatic rings. The number of Topliss-reactive ketones (excluding diaryl/α,β-unsaturated/α-hetero) is 1. The van der Waals surface area contributed by atoms with Crippen LogP contribution in [0.4, 0.5) is 0 Å². The highest BCUT2D eigenvalue weighted by molar-refractivity contribution is 5.77. The molecule has 0 bridgehead atoms. The van der Waals surface area contributed by atoms with Gasteiger partial charge in [0, 0.05) is 20.5 Å². The molecule has 0 aliphatic heterocycles. The lowest BCUT2D eigenvalue weighted by molar-refractivity contribution is -0.129. The van der Waals surface area contributed by atoms with Crippen molar-refractivity contribution in [3.8, 4) is 0 Å². The Hall–Kier alpha value is -0.900. The van der Waals surface area contributed by atoms with Crippen molar-refractivity contribution >= 4 is 11.7 Å². The first-order chi connectivity index (χ1) is 6.97. The molecule has 0 saturated carbocycles. The molecule has 0 fully saturated rings. The molecule has 0 heterocycles. The summed E-state index contributed by atoms with van der Waals surface area (Å²) < 4.78 is 0. The predicted molar refractivity (Wildman–Crippen MR) is 60.7 cm³/mol. The Morgan fingerprint density at radius 2 is 1.80 bits per heavy atom. The van der Waals surface area contributed by atoms with E-state index < -0.39 is 0 Å². The molecule has 0 rings (SSSR count). The maximum Gasteiger partial charge on any atom is 0.236 e. The van der Waals surface area contributed by atoms with E-state index in [-0.39, 0.29) is 11.7 Å². The van der Waals surface area contributed by atoms with Crippen molar-refractivity contribution in [2.24, 2.45) is 0 Å². The fourth-order valence-corrected chi connectivity index (χ4v) is 1.23. The second kappa shape index (κ2) is 7.40. The molecular formula is C11H22N2O2. The van der Waals surface area contributed by atoms with E-state index in [1.165, 1.54) is 0 Å². The molecule has 0 spiro atoms. The van der Waals surface area contributed by atoms with Crippen molar-refractivity contribution in [3.05, 3.63) is 0 Å². The summed E-state index contributed by atoms with van der Waals surface area (Å²) in [6.45, 7) is 5.73. The summed E-state index contributed by atoms with van der Waals surface area (Å²) in [5, 5.41) is 0. The van der Waals surface area contributed by atoms with E-state index in [0.29, 0.717) is 13.0 Å². The normalized spacial score (nSPS) is 10.5. The van der Waals surface area contributed by atoms with Gasteiger partial charge in [-0.2, -0.15) is 0 Å². The van der Waals surface area contributed by atoms with Gasteiger partial charge in [0.25, 0.3) is 0 Å². The van der Waals surface area contributed by atoms with Crippen molar-refractivity contribution < 1.29 is 9.59 Å². The van der Waals surface area contributed by atoms with E-state index >= 15 is 0 Å². The lowest BCUT2D eigenvalue weighted by atomic mass is 10.2. The van der Waals surface area contributed by atoms with E-state index in [4.69, 9.17) is 0 Å². The van der Waals surface area contributed by atoms with E-state index in [9.17, 15) is 9.59 Å². The molecule has 88 valence electrons. The first kappa shape index (κ1) is 14.1. The minimum absolute atomic E-state index is 0.111. The van der Waals surface area contributed by atoms with Gasteiger partial charge in [-0.05, 0) is 26.4 Å². The van der Waals surface area contributed by atoms with Crippen LogP contribution in [0.3, 0.4) is 0 Å². The fourth-order valence-electron chi connectivity index (χ4n) is 1.23. The Balaban J connectivity index is 3.82. The van der Waals surface area contributed by atoms with Gasteiger partial charge in [-0.3, -0.25) is 9.69 Å². The van der Waals surface area contributed by atoms with Crippen molar-refractivity contribution in [3.63, 3.8) is 0 Å². The van der Waals surface area contributed by atoms with Gasteiger partial charge in [0.15, 0.2) is 0 Å². The van der Waals surface area contributed by atoms with E-state index in [0.717, 1.165) is 19.5 Å². The topological polar surface area (TPSA) is 40.6 Å². The molecule has 0 saturated heterocycles. The van der Waals surface area contributed by atoms with E-state index in [1.807, 2.05) is 6.92 Å². The molecule has 0 N–H and O–H groups in total. The number of likely N-dealkylation sites (N-methyl/N-ethyl adjacent to an activating group) is 2. The van der Waals surface area contributed by atoms with Crippen LogP contribution in [0.1, 0.15) is 26.7 Å². The third-order valence-electron chi connectivity index (χ3n) is 2.31. The second-order valence-electron chi connectivity index (χ2n) is 3.96. The van der Waals surface area contributed by atoms with Crippen LogP contribution in [0.2, 0.25) is 0 Å². The molecule has 0 aromatic rings. The van der Waals surface area contributed by atoms with Gasteiger partial charge in [-0.25, -0.2) is 0 Å². The number of carbonyl (C=O) groups excluding carboxylic acids is 2. The first-order valence-electron chi connectivity index (χ1n) is 5.39. The van der Waals surface area contributed by atoms with Crippen LogP contribution >= 0.6 is 0 Å². The smallest absolute Gasteiger partial charge is 0.236 e. The summed E-state index contributed by atoms with van der Waals surface area (Å²) in [7, 11) is 3.51. The second-order valence-corrected chi connectivity index (χ2v) is 3.96. The largest absolute Gasteiger partial charge is 0.348 e. The molecular weight excluding hydrogens is 192 g/mol. The van der Waals surface area contributed by atoms with Gasteiger partial charge < -0.3 is 9.69 Å². The van der Waals surface area contributed by atoms with Gasteiger partial charge in [0.05, 0.1) is 6.54 Å². The van der Waals surface area contributed by atoms with Gasteiger partial charge in [-0.15, -0.1) is 0 Å². The zero-order chi connectivity index (χ0) is 11.8. The maximum atomic E-state index is 11.4. The number of rotatable bonds is 7. The van der Waals surface area contributed by atoms with Crippen LogP contribution < -0.4 is 0 Å². The third kappa shape index (κ3) is 7.08. The van der Waals surface area contributed by atoms with Gasteiger partial charge in [0.2, 0.25) is 5.91 Å². The average Bonchev–Trinajstić information content (AvgIpc) is 2.15. The van der Waals surface area contributed by atoms with Gasteiger partial charge >= 0.3 is 0 Å². The zero-order valence-electron chi connectivity index (χ0n) is 10.2. The Morgan fingerprint density at radius 1 is 1.20 bits per heavy atom. The first-order valence-corrected chi connectivity index (χ1v) is 5.39. The SMILES string of the molecule is CCN(CCCC(C)=O)CC(=O)N(C)C. The molecule has 0 unspecified atom stereocenters. The fraction of sp³-hybridized carbons (Fsp3) is 0.818. The quantitative estimate of drug-likeness (QED) is 0.628. The predicted octanol–water partition coefficient (Wildman–Crippen LogP) is 0.766. The number of nitrogens with zero attached hydrogens (tertiary/aromatic N) is 2. The highest BCUT2D eigenvalue weighted by Crippen LogP contribution is 1.97. The van der Waals surface area contributed by atoms with Crippen LogP contribution in [0.25, 0.3) is 0 Å². The Bertz CT molecular complexity index is 215. The molecule has 4 heteroatoms. The van der Waals surface area contributed by atoms with Crippen molar-refractivity contribution in [1.82, 2.24) is 9.80 Å². The van der Waals surface area contributed by atoms with Crippen molar-refractivity contribution in [1.29, 1.82) is 0 Å². The van der Waals surface area contributed by atoms with Crippen LogP contribution in [0.15, 0.2) is 0 Å². The van der Waals surface area contributed by atoms with Crippen LogP contribution in [0, 0.1) is 0 Å². The standard InChI is InChI=1S/C11H22N2O2/c1-5-13(8-6-7-10(2)14)9-11(15)12(3)4/h5-9H2,1-4H3. The number of hydrogen-bond acceptors (Lipinski definition) is 3. The highest BCUT2D eigenvalue weighted by Gasteiger charge is 2.10. The van der Waals surface area contributed by atoms with E-state index in [2.05, 4.69) is 4.90 Å². The Morgan fingerprint density at radius 3 is 2.20 bits per heavy atom. The Kier molecular flexibility index (Phi) is 6.96. The molecule has 0 aliphatic carbocycles. The van der Waals surface area contributed by atoms with Gasteiger partial charge in [0.1, 0.15) is 5.78 Å². The Labute approximate surface area is 92.2 Å². The summed E-state index contributed by atoms with van der Waals surface area (Å²) in [5.74, 6) is 0.324. The van der Waals surface area contributed by atoms with Crippen LogP contribution in [-0.4, -0.2) is 55.2 Å². The number of ketones is 1. The molecule has 0 atom stereocenters. The summed E-state index contributed by atoms with van der Waals surface area (Å²) in [6, 6.07) is 0. The monoisotopic (exact) mass is 214 g/mol. The minimum Gasteiger partial charge on any atom is -0.348 e. The number of carbonyl (C=O) groups is 2. The molecule has 0 radical (unpaired) electrons. The average molecular weight is 214 g/mol. The third-order valence-corrected chi connectivity index (χ3v) is 2.31. The van der Waals surface area contributed by atoms with Gasteiger partial charge in [-0.1, -0.05) is 6.92 Å².